The van der Waals surface area contributed by atoms with E-state index in [1.807, 2.05) is 0 Å². The number of anilines is 3. The average molecular weight is 181 g/mol. The first-order valence-electron chi connectivity index (χ1n) is 4.07. The maximum absolute atomic E-state index is 5.74. The van der Waals surface area contributed by atoms with Gasteiger partial charge in [-0.15, -0.1) is 0 Å². The van der Waals surface area contributed by atoms with Crippen molar-refractivity contribution in [1.82, 2.24) is 0 Å². The van der Waals surface area contributed by atoms with Crippen molar-refractivity contribution in [3.05, 3.63) is 17.7 Å². The molecule has 1 rings (SSSR count). The number of nitrogens with two attached hydrogens (primary N) is 3. The lowest BCUT2D eigenvalue weighted by Gasteiger charge is -2.08. The zero-order valence-electron chi connectivity index (χ0n) is 7.71. The molecule has 0 atom stereocenters. The van der Waals surface area contributed by atoms with Crippen molar-refractivity contribution in [2.75, 3.05) is 30.9 Å². The molecule has 0 aliphatic carbocycles. The van der Waals surface area contributed by atoms with Crippen LogP contribution in [0.15, 0.2) is 12.1 Å². The Balaban J connectivity index is 2.88. The normalized spacial score (nSPS) is 10.2. The molecule has 0 spiro atoms. The van der Waals surface area contributed by atoms with Crippen LogP contribution in [0.3, 0.4) is 0 Å². The topological polar surface area (TPSA) is 87.3 Å². The van der Waals surface area contributed by atoms with Gasteiger partial charge in [-0.1, -0.05) is 0 Å². The van der Waals surface area contributed by atoms with E-state index < -0.39 is 0 Å². The second-order valence-electron chi connectivity index (χ2n) is 2.92. The highest BCUT2D eigenvalue weighted by molar-refractivity contribution is 5.71. The summed E-state index contributed by atoms with van der Waals surface area (Å²) in [4.78, 5) is 0. The Morgan fingerprint density at radius 1 is 1.08 bits per heavy atom. The van der Waals surface area contributed by atoms with Crippen LogP contribution < -0.4 is 17.2 Å². The molecule has 0 aliphatic rings. The Morgan fingerprint density at radius 2 is 1.69 bits per heavy atom. The van der Waals surface area contributed by atoms with Gasteiger partial charge < -0.3 is 21.9 Å². The molecule has 4 heteroatoms. The SMILES string of the molecule is COCCc1cc(N)c(N)cc1N. The fourth-order valence-electron chi connectivity index (χ4n) is 1.13. The Bertz CT molecular complexity index is 299. The molecule has 0 heterocycles. The standard InChI is InChI=1S/C9H15N3O/c1-13-3-2-6-4-8(11)9(12)5-7(6)10/h4-5H,2-3,10-12H2,1H3. The van der Waals surface area contributed by atoms with E-state index >= 15 is 0 Å². The predicted octanol–water partition coefficient (Wildman–Crippen LogP) is 0.622. The fraction of sp³-hybridized carbons (Fsp3) is 0.333. The molecule has 0 aromatic heterocycles. The minimum atomic E-state index is 0.527. The van der Waals surface area contributed by atoms with Gasteiger partial charge in [0, 0.05) is 12.8 Å². The highest BCUT2D eigenvalue weighted by Crippen LogP contribution is 2.23. The van der Waals surface area contributed by atoms with Crippen LogP contribution >= 0.6 is 0 Å². The lowest BCUT2D eigenvalue weighted by molar-refractivity contribution is 0.202. The molecule has 0 unspecified atom stereocenters. The average Bonchev–Trinajstić information content (AvgIpc) is 2.09. The molecule has 0 fully saturated rings. The number of hydrogen-bond donors (Lipinski definition) is 3. The number of methoxy groups -OCH3 is 1. The molecule has 0 saturated heterocycles. The summed E-state index contributed by atoms with van der Waals surface area (Å²) in [6.07, 6.45) is 0.757. The highest BCUT2D eigenvalue weighted by atomic mass is 16.5. The van der Waals surface area contributed by atoms with Crippen molar-refractivity contribution >= 4 is 17.1 Å². The zero-order valence-corrected chi connectivity index (χ0v) is 7.71. The van der Waals surface area contributed by atoms with E-state index in [4.69, 9.17) is 21.9 Å². The van der Waals surface area contributed by atoms with Crippen molar-refractivity contribution in [2.45, 2.75) is 6.42 Å². The van der Waals surface area contributed by atoms with Gasteiger partial charge in [0.15, 0.2) is 0 Å². The molecular weight excluding hydrogens is 166 g/mol. The molecule has 13 heavy (non-hydrogen) atoms. The number of benzene rings is 1. The van der Waals surface area contributed by atoms with Crippen molar-refractivity contribution < 1.29 is 4.74 Å². The van der Waals surface area contributed by atoms with Gasteiger partial charge in [-0.25, -0.2) is 0 Å². The predicted molar refractivity (Wildman–Crippen MR) is 55.3 cm³/mol. The first-order chi connectivity index (χ1) is 6.15. The molecule has 0 saturated carbocycles. The van der Waals surface area contributed by atoms with Gasteiger partial charge >= 0.3 is 0 Å². The molecular formula is C9H15N3O. The lowest BCUT2D eigenvalue weighted by Crippen LogP contribution is -2.03. The molecule has 1 aromatic rings. The number of nitrogen functional groups attached to an aromatic ring is 3. The van der Waals surface area contributed by atoms with Gasteiger partial charge in [-0.2, -0.15) is 0 Å². The number of ether oxygens (including phenoxy) is 1. The third-order valence-corrected chi connectivity index (χ3v) is 1.92. The van der Waals surface area contributed by atoms with Crippen LogP contribution in [0.5, 0.6) is 0 Å². The molecule has 0 bridgehead atoms. The molecule has 6 N–H and O–H groups in total. The molecule has 0 aliphatic heterocycles. The highest BCUT2D eigenvalue weighted by Gasteiger charge is 2.02. The zero-order chi connectivity index (χ0) is 9.84. The summed E-state index contributed by atoms with van der Waals surface area (Å²) in [6, 6.07) is 3.48. The Morgan fingerprint density at radius 3 is 2.31 bits per heavy atom. The summed E-state index contributed by atoms with van der Waals surface area (Å²) >= 11 is 0. The fourth-order valence-corrected chi connectivity index (χ4v) is 1.13. The summed E-state index contributed by atoms with van der Waals surface area (Å²) in [7, 11) is 1.65. The monoisotopic (exact) mass is 181 g/mol. The van der Waals surface area contributed by atoms with Crippen LogP contribution in [0.2, 0.25) is 0 Å². The summed E-state index contributed by atoms with van der Waals surface area (Å²) in [5, 5.41) is 0. The lowest BCUT2D eigenvalue weighted by atomic mass is 10.1. The summed E-state index contributed by atoms with van der Waals surface area (Å²) in [5.41, 5.74) is 19.7. The summed E-state index contributed by atoms with van der Waals surface area (Å²) in [5.74, 6) is 0. The Hall–Kier alpha value is -1.42. The van der Waals surface area contributed by atoms with Gasteiger partial charge in [-0.3, -0.25) is 0 Å². The summed E-state index contributed by atoms with van der Waals surface area (Å²) in [6.45, 7) is 0.632. The van der Waals surface area contributed by atoms with Gasteiger partial charge in [0.25, 0.3) is 0 Å². The first kappa shape index (κ1) is 9.67. The second-order valence-corrected chi connectivity index (χ2v) is 2.92. The van der Waals surface area contributed by atoms with Crippen molar-refractivity contribution in [3.8, 4) is 0 Å². The van der Waals surface area contributed by atoms with Gasteiger partial charge in [-0.05, 0) is 24.1 Å². The van der Waals surface area contributed by atoms with Crippen molar-refractivity contribution in [3.63, 3.8) is 0 Å². The molecule has 1 aromatic carbocycles. The first-order valence-corrected chi connectivity index (χ1v) is 4.07. The van der Waals surface area contributed by atoms with Gasteiger partial charge in [0.1, 0.15) is 0 Å². The van der Waals surface area contributed by atoms with Crippen molar-refractivity contribution in [1.29, 1.82) is 0 Å². The number of rotatable bonds is 3. The molecule has 0 radical (unpaired) electrons. The second kappa shape index (κ2) is 4.00. The van der Waals surface area contributed by atoms with Crippen LogP contribution in [0.25, 0.3) is 0 Å². The molecule has 72 valence electrons. The third-order valence-electron chi connectivity index (χ3n) is 1.92. The van der Waals surface area contributed by atoms with E-state index in [2.05, 4.69) is 0 Å². The summed E-state index contributed by atoms with van der Waals surface area (Å²) < 4.78 is 4.94. The van der Waals surface area contributed by atoms with Gasteiger partial charge in [0.05, 0.1) is 18.0 Å². The van der Waals surface area contributed by atoms with Gasteiger partial charge in [0.2, 0.25) is 0 Å². The smallest absolute Gasteiger partial charge is 0.0568 e. The van der Waals surface area contributed by atoms with E-state index in [1.54, 1.807) is 19.2 Å². The number of hydrogen-bond acceptors (Lipinski definition) is 4. The molecule has 0 amide bonds. The van der Waals surface area contributed by atoms with Crippen LogP contribution in [0.4, 0.5) is 17.1 Å². The maximum atomic E-state index is 5.74. The quantitative estimate of drug-likeness (QED) is 0.596. The van der Waals surface area contributed by atoms with Crippen LogP contribution in [0, 0.1) is 0 Å². The van der Waals surface area contributed by atoms with E-state index in [9.17, 15) is 0 Å². The Labute approximate surface area is 77.7 Å². The maximum Gasteiger partial charge on any atom is 0.0568 e. The van der Waals surface area contributed by atoms with E-state index in [0.717, 1.165) is 12.0 Å². The molecule has 4 nitrogen and oxygen atoms in total. The minimum absolute atomic E-state index is 0.527. The van der Waals surface area contributed by atoms with Crippen molar-refractivity contribution in [2.24, 2.45) is 0 Å². The van der Waals surface area contributed by atoms with E-state index in [0.29, 0.717) is 23.7 Å². The van der Waals surface area contributed by atoms with E-state index in [-0.39, 0.29) is 0 Å². The van der Waals surface area contributed by atoms with Crippen LogP contribution in [-0.4, -0.2) is 13.7 Å². The van der Waals surface area contributed by atoms with Crippen LogP contribution in [0.1, 0.15) is 5.56 Å². The van der Waals surface area contributed by atoms with Crippen LogP contribution in [-0.2, 0) is 11.2 Å². The van der Waals surface area contributed by atoms with E-state index in [1.165, 1.54) is 0 Å². The minimum Gasteiger partial charge on any atom is -0.398 e. The Kier molecular flexibility index (Phi) is 2.97. The largest absolute Gasteiger partial charge is 0.398 e. The third kappa shape index (κ3) is 2.26.